The van der Waals surface area contributed by atoms with Gasteiger partial charge < -0.3 is 9.80 Å². The quantitative estimate of drug-likeness (QED) is 0.0597. The molecule has 0 N–H and O–H groups in total. The van der Waals surface area contributed by atoms with E-state index < -0.39 is 16.1 Å². The number of hydrogen-bond donors (Lipinski definition) is 0. The highest BCUT2D eigenvalue weighted by molar-refractivity contribution is 6.89. The van der Waals surface area contributed by atoms with Gasteiger partial charge in [-0.15, -0.1) is 0 Å². The molecule has 0 spiro atoms. The second-order valence-corrected chi connectivity index (χ2v) is 27.6. The van der Waals surface area contributed by atoms with Gasteiger partial charge in [0.05, 0.1) is 34.4 Å². The molecule has 0 heterocycles. The van der Waals surface area contributed by atoms with Crippen molar-refractivity contribution in [1.29, 1.82) is 5.26 Å². The molecular formula is C54H48N4Si2. The number of nitriles is 1. The standard InChI is InChI=1S/C54H48N4Si2/c1-56-44-17-23-47(24-18-44)57(48-25-30-51(31-26-48)59(2,3)4)45-19-10-39(11-20-45)8-9-40-14-34-53-42(36-40)15-16-43-37-50(29-35-54(43)53)58(46-21-12-41(38-55)13-22-46)49-27-32-52(33-28-49)60(5,6)7/h8-37H,2-7H3/b9-8+. The van der Waals surface area contributed by atoms with E-state index in [-0.39, 0.29) is 0 Å². The first-order chi connectivity index (χ1) is 28.9. The van der Waals surface area contributed by atoms with Gasteiger partial charge >= 0.3 is 0 Å². The maximum Gasteiger partial charge on any atom is 0.187 e. The molecule has 0 radical (unpaired) electrons. The fourth-order valence-electron chi connectivity index (χ4n) is 7.72. The lowest BCUT2D eigenvalue weighted by Crippen LogP contribution is -2.37. The van der Waals surface area contributed by atoms with Crippen LogP contribution in [0.15, 0.2) is 170 Å². The van der Waals surface area contributed by atoms with Gasteiger partial charge in [0.15, 0.2) is 5.69 Å². The minimum absolute atomic E-state index is 0.631. The van der Waals surface area contributed by atoms with E-state index in [2.05, 4.69) is 193 Å². The Kier molecular flexibility index (Phi) is 10.9. The van der Waals surface area contributed by atoms with Gasteiger partial charge in [-0.3, -0.25) is 0 Å². The number of hydrogen-bond acceptors (Lipinski definition) is 3. The predicted molar refractivity (Wildman–Crippen MR) is 263 cm³/mol. The first-order valence-electron chi connectivity index (χ1n) is 20.4. The Labute approximate surface area is 356 Å². The van der Waals surface area contributed by atoms with Gasteiger partial charge in [0.25, 0.3) is 0 Å². The summed E-state index contributed by atoms with van der Waals surface area (Å²) >= 11 is 0. The Morgan fingerprint density at radius 2 is 0.833 bits per heavy atom. The van der Waals surface area contributed by atoms with Crippen molar-refractivity contribution >= 4 is 100 Å². The number of rotatable bonds is 10. The van der Waals surface area contributed by atoms with Crippen molar-refractivity contribution in [3.63, 3.8) is 0 Å². The third-order valence-electron chi connectivity index (χ3n) is 11.2. The average Bonchev–Trinajstić information content (AvgIpc) is 3.26. The van der Waals surface area contributed by atoms with Gasteiger partial charge in [-0.1, -0.05) is 141 Å². The van der Waals surface area contributed by atoms with Crippen LogP contribution in [0.1, 0.15) is 16.7 Å². The molecule has 8 aromatic carbocycles. The molecule has 0 aliphatic carbocycles. The van der Waals surface area contributed by atoms with Gasteiger partial charge in [-0.05, 0) is 124 Å². The van der Waals surface area contributed by atoms with E-state index in [0.717, 1.165) is 45.3 Å². The third-order valence-corrected chi connectivity index (χ3v) is 15.3. The molecule has 292 valence electrons. The van der Waals surface area contributed by atoms with Crippen LogP contribution in [0.2, 0.25) is 39.3 Å². The van der Waals surface area contributed by atoms with Crippen LogP contribution in [0, 0.1) is 17.9 Å². The Hall–Kier alpha value is -6.97. The van der Waals surface area contributed by atoms with Crippen molar-refractivity contribution < 1.29 is 0 Å². The molecule has 8 rings (SSSR count). The zero-order valence-electron chi connectivity index (χ0n) is 35.1. The average molecular weight is 809 g/mol. The predicted octanol–water partition coefficient (Wildman–Crippen LogP) is 14.6. The summed E-state index contributed by atoms with van der Waals surface area (Å²) in [5.41, 5.74) is 9.86. The molecule has 60 heavy (non-hydrogen) atoms. The van der Waals surface area contributed by atoms with E-state index >= 15 is 0 Å². The van der Waals surface area contributed by atoms with Crippen molar-refractivity contribution in [1.82, 2.24) is 0 Å². The molecular weight excluding hydrogens is 761 g/mol. The fraction of sp³-hybridized carbons (Fsp3) is 0.111. The third kappa shape index (κ3) is 8.44. The molecule has 8 aromatic rings. The molecule has 0 unspecified atom stereocenters. The summed E-state index contributed by atoms with van der Waals surface area (Å²) in [4.78, 5) is 8.13. The molecule has 6 heteroatoms. The monoisotopic (exact) mass is 808 g/mol. The molecule has 0 fully saturated rings. The molecule has 4 nitrogen and oxygen atoms in total. The van der Waals surface area contributed by atoms with Crippen LogP contribution in [-0.2, 0) is 0 Å². The number of anilines is 6. The summed E-state index contributed by atoms with van der Waals surface area (Å²) in [5, 5.41) is 17.1. The minimum atomic E-state index is -1.45. The summed E-state index contributed by atoms with van der Waals surface area (Å²) in [6, 6.07) is 62.4. The van der Waals surface area contributed by atoms with Crippen molar-refractivity contribution in [2.24, 2.45) is 0 Å². The highest BCUT2D eigenvalue weighted by Gasteiger charge is 2.20. The van der Waals surface area contributed by atoms with Gasteiger partial charge in [-0.2, -0.15) is 5.26 Å². The Bertz CT molecular complexity index is 2920. The Balaban J connectivity index is 1.06. The number of benzene rings is 8. The fourth-order valence-corrected chi connectivity index (χ4v) is 10.1. The summed E-state index contributed by atoms with van der Waals surface area (Å²) in [6.45, 7) is 21.6. The summed E-state index contributed by atoms with van der Waals surface area (Å²) in [6.07, 6.45) is 4.35. The van der Waals surface area contributed by atoms with Crippen LogP contribution in [0.5, 0.6) is 0 Å². The van der Waals surface area contributed by atoms with Crippen LogP contribution in [0.3, 0.4) is 0 Å². The first kappa shape index (κ1) is 39.8. The maximum atomic E-state index is 9.47. The van der Waals surface area contributed by atoms with Crippen LogP contribution in [-0.4, -0.2) is 16.1 Å². The van der Waals surface area contributed by atoms with E-state index in [1.807, 2.05) is 48.5 Å². The Morgan fingerprint density at radius 3 is 1.32 bits per heavy atom. The number of nitrogens with zero attached hydrogens (tertiary/aromatic N) is 4. The van der Waals surface area contributed by atoms with Crippen molar-refractivity contribution in [2.75, 3.05) is 9.80 Å². The zero-order chi connectivity index (χ0) is 42.0. The summed E-state index contributed by atoms with van der Waals surface area (Å²) in [5.74, 6) is 0. The Morgan fingerprint density at radius 1 is 0.450 bits per heavy atom. The van der Waals surface area contributed by atoms with E-state index in [9.17, 15) is 5.26 Å². The van der Waals surface area contributed by atoms with E-state index in [1.165, 1.54) is 31.9 Å². The second kappa shape index (κ2) is 16.4. The van der Waals surface area contributed by atoms with E-state index in [1.54, 1.807) is 0 Å². The first-order valence-corrected chi connectivity index (χ1v) is 27.4. The zero-order valence-corrected chi connectivity index (χ0v) is 37.1. The normalized spacial score (nSPS) is 11.7. The topological polar surface area (TPSA) is 34.6 Å². The molecule has 0 bridgehead atoms. The van der Waals surface area contributed by atoms with Gasteiger partial charge in [0, 0.05) is 34.1 Å². The minimum Gasteiger partial charge on any atom is -0.311 e. The molecule has 0 aromatic heterocycles. The molecule has 0 aliphatic heterocycles. The van der Waals surface area contributed by atoms with Gasteiger partial charge in [0.1, 0.15) is 0 Å². The molecule has 0 amide bonds. The molecule has 0 atom stereocenters. The van der Waals surface area contributed by atoms with Crippen molar-refractivity contribution in [3.8, 4) is 6.07 Å². The maximum absolute atomic E-state index is 9.47. The largest absolute Gasteiger partial charge is 0.311 e. The van der Waals surface area contributed by atoms with E-state index in [4.69, 9.17) is 6.57 Å². The van der Waals surface area contributed by atoms with Crippen LogP contribution < -0.4 is 20.2 Å². The van der Waals surface area contributed by atoms with Crippen LogP contribution >= 0.6 is 0 Å². The van der Waals surface area contributed by atoms with Crippen LogP contribution in [0.25, 0.3) is 38.5 Å². The van der Waals surface area contributed by atoms with Crippen LogP contribution in [0.4, 0.5) is 39.8 Å². The van der Waals surface area contributed by atoms with E-state index in [0.29, 0.717) is 11.3 Å². The lowest BCUT2D eigenvalue weighted by molar-refractivity contribution is 1.28. The highest BCUT2D eigenvalue weighted by Crippen LogP contribution is 2.39. The van der Waals surface area contributed by atoms with Crippen molar-refractivity contribution in [3.05, 3.63) is 198 Å². The lowest BCUT2D eigenvalue weighted by atomic mass is 9.99. The molecule has 0 aliphatic rings. The highest BCUT2D eigenvalue weighted by atomic mass is 28.3. The SMILES string of the molecule is [C-]#[N+]c1ccc(N(c2ccc(/C=C/c3ccc4c(ccc5cc(N(c6ccc(C#N)cc6)c6ccc([Si](C)(C)C)cc6)ccc54)c3)cc2)c2ccc([Si](C)(C)C)cc2)cc1. The summed E-state index contributed by atoms with van der Waals surface area (Å²) < 4.78 is 0. The van der Waals surface area contributed by atoms with Crippen molar-refractivity contribution in [2.45, 2.75) is 39.3 Å². The molecule has 0 saturated carbocycles. The van der Waals surface area contributed by atoms with Gasteiger partial charge in [0.2, 0.25) is 0 Å². The molecule has 0 saturated heterocycles. The second-order valence-electron chi connectivity index (χ2n) is 17.4. The number of fused-ring (bicyclic) bond motifs is 3. The summed E-state index contributed by atoms with van der Waals surface area (Å²) in [7, 11) is -2.89. The smallest absolute Gasteiger partial charge is 0.187 e. The van der Waals surface area contributed by atoms with Gasteiger partial charge in [-0.25, -0.2) is 4.85 Å². The lowest BCUT2D eigenvalue weighted by Gasteiger charge is -2.27.